The number of aryl methyl sites for hydroxylation is 1. The minimum absolute atomic E-state index is 0.201. The highest BCUT2D eigenvalue weighted by molar-refractivity contribution is 5.94. The number of hydrogen-bond donors (Lipinski definition) is 0. The summed E-state index contributed by atoms with van der Waals surface area (Å²) in [6.07, 6.45) is 5.38. The Kier molecular flexibility index (Phi) is 5.84. The van der Waals surface area contributed by atoms with Crippen molar-refractivity contribution in [2.24, 2.45) is 7.05 Å². The van der Waals surface area contributed by atoms with Crippen LogP contribution in [0.5, 0.6) is 11.5 Å². The number of aromatic nitrogens is 4. The summed E-state index contributed by atoms with van der Waals surface area (Å²) in [5.41, 5.74) is 5.69. The van der Waals surface area contributed by atoms with E-state index in [1.807, 2.05) is 48.0 Å². The van der Waals surface area contributed by atoms with Crippen molar-refractivity contribution in [2.45, 2.75) is 19.8 Å². The number of benzene rings is 3. The van der Waals surface area contributed by atoms with Crippen molar-refractivity contribution in [2.75, 3.05) is 13.7 Å². The summed E-state index contributed by atoms with van der Waals surface area (Å²) in [5.74, 6) is 5.63. The fraction of sp³-hybridized carbons (Fsp3) is 0.207. The molecule has 0 spiro atoms. The van der Waals surface area contributed by atoms with Gasteiger partial charge in [-0.05, 0) is 41.8 Å². The van der Waals surface area contributed by atoms with E-state index < -0.39 is 0 Å². The second-order valence-corrected chi connectivity index (χ2v) is 8.69. The predicted molar refractivity (Wildman–Crippen MR) is 140 cm³/mol. The number of ether oxygens (including phenoxy) is 2. The lowest BCUT2D eigenvalue weighted by atomic mass is 9.99. The standard InChI is InChI=1S/C29H26N4O2/c1-6-15-35-22-11-13-24-23(16-22)27(20-9-7-19(8-10-20)18(2)3)32-28(30-24)29-31-25-17-21(34-5)12-14-26(25)33(29)4/h1,7-14,16-18H,15H2,2-5H3. The van der Waals surface area contributed by atoms with Crippen molar-refractivity contribution < 1.29 is 9.47 Å². The van der Waals surface area contributed by atoms with Gasteiger partial charge in [0.05, 0.1) is 29.4 Å². The lowest BCUT2D eigenvalue weighted by Crippen LogP contribution is -2.01. The van der Waals surface area contributed by atoms with E-state index in [4.69, 9.17) is 30.8 Å². The van der Waals surface area contributed by atoms with Crippen LogP contribution in [0.2, 0.25) is 0 Å². The lowest BCUT2D eigenvalue weighted by molar-refractivity contribution is 0.371. The Morgan fingerprint density at radius 2 is 1.69 bits per heavy atom. The predicted octanol–water partition coefficient (Wildman–Crippen LogP) is 5.99. The van der Waals surface area contributed by atoms with Gasteiger partial charge in [-0.3, -0.25) is 0 Å². The molecule has 5 rings (SSSR count). The molecule has 0 amide bonds. The third-order valence-electron chi connectivity index (χ3n) is 6.13. The van der Waals surface area contributed by atoms with E-state index in [9.17, 15) is 0 Å². The molecular weight excluding hydrogens is 436 g/mol. The van der Waals surface area contributed by atoms with Gasteiger partial charge < -0.3 is 14.0 Å². The van der Waals surface area contributed by atoms with Gasteiger partial charge in [0.1, 0.15) is 18.1 Å². The van der Waals surface area contributed by atoms with Gasteiger partial charge in [-0.1, -0.05) is 44.0 Å². The molecule has 0 N–H and O–H groups in total. The summed E-state index contributed by atoms with van der Waals surface area (Å²) < 4.78 is 13.1. The van der Waals surface area contributed by atoms with Crippen LogP contribution in [0.3, 0.4) is 0 Å². The van der Waals surface area contributed by atoms with Crippen LogP contribution in [0.1, 0.15) is 25.3 Å². The Hall–Kier alpha value is -4.37. The van der Waals surface area contributed by atoms with E-state index in [2.05, 4.69) is 44.0 Å². The molecule has 35 heavy (non-hydrogen) atoms. The molecular formula is C29H26N4O2. The van der Waals surface area contributed by atoms with Gasteiger partial charge in [0, 0.05) is 24.1 Å². The largest absolute Gasteiger partial charge is 0.497 e. The first-order valence-corrected chi connectivity index (χ1v) is 11.5. The van der Waals surface area contributed by atoms with Crippen LogP contribution in [0.25, 0.3) is 44.8 Å². The average Bonchev–Trinajstić information content (AvgIpc) is 3.22. The van der Waals surface area contributed by atoms with E-state index >= 15 is 0 Å². The first-order chi connectivity index (χ1) is 17.0. The van der Waals surface area contributed by atoms with Gasteiger partial charge in [0.25, 0.3) is 0 Å². The van der Waals surface area contributed by atoms with Gasteiger partial charge in [-0.2, -0.15) is 0 Å². The minimum atomic E-state index is 0.201. The topological polar surface area (TPSA) is 62.1 Å². The number of fused-ring (bicyclic) bond motifs is 2. The average molecular weight is 463 g/mol. The normalized spacial score (nSPS) is 11.2. The molecule has 2 aromatic heterocycles. The minimum Gasteiger partial charge on any atom is -0.497 e. The number of rotatable bonds is 6. The van der Waals surface area contributed by atoms with Crippen molar-refractivity contribution in [3.63, 3.8) is 0 Å². The summed E-state index contributed by atoms with van der Waals surface area (Å²) in [5, 5.41) is 0.890. The molecule has 6 nitrogen and oxygen atoms in total. The highest BCUT2D eigenvalue weighted by Crippen LogP contribution is 2.33. The van der Waals surface area contributed by atoms with Crippen molar-refractivity contribution >= 4 is 21.9 Å². The van der Waals surface area contributed by atoms with Gasteiger partial charge in [-0.15, -0.1) is 6.42 Å². The van der Waals surface area contributed by atoms with Gasteiger partial charge in [0.2, 0.25) is 0 Å². The maximum Gasteiger partial charge on any atom is 0.197 e. The summed E-state index contributed by atoms with van der Waals surface area (Å²) >= 11 is 0. The van der Waals surface area contributed by atoms with Crippen LogP contribution < -0.4 is 9.47 Å². The maximum atomic E-state index is 5.68. The zero-order valence-electron chi connectivity index (χ0n) is 20.2. The summed E-state index contributed by atoms with van der Waals surface area (Å²) in [7, 11) is 3.62. The van der Waals surface area contributed by atoms with Crippen LogP contribution in [-0.4, -0.2) is 33.2 Å². The number of terminal acetylenes is 1. The lowest BCUT2D eigenvalue weighted by Gasteiger charge is -2.12. The van der Waals surface area contributed by atoms with Crippen molar-refractivity contribution in [3.05, 3.63) is 66.2 Å². The summed E-state index contributed by atoms with van der Waals surface area (Å²) in [6, 6.07) is 20.1. The molecule has 0 aliphatic carbocycles. The Bertz CT molecular complexity index is 1580. The molecule has 5 aromatic rings. The van der Waals surface area contributed by atoms with Crippen LogP contribution in [0, 0.1) is 12.3 Å². The van der Waals surface area contributed by atoms with Crippen LogP contribution >= 0.6 is 0 Å². The number of nitrogens with zero attached hydrogens (tertiary/aromatic N) is 4. The Morgan fingerprint density at radius 3 is 2.40 bits per heavy atom. The Morgan fingerprint density at radius 1 is 0.914 bits per heavy atom. The van der Waals surface area contributed by atoms with E-state index in [0.717, 1.165) is 38.9 Å². The quantitative estimate of drug-likeness (QED) is 0.290. The van der Waals surface area contributed by atoms with E-state index in [1.54, 1.807) is 7.11 Å². The Labute approximate surface area is 204 Å². The second-order valence-electron chi connectivity index (χ2n) is 8.69. The molecule has 3 aromatic carbocycles. The fourth-order valence-corrected chi connectivity index (χ4v) is 4.17. The smallest absolute Gasteiger partial charge is 0.197 e. The summed E-state index contributed by atoms with van der Waals surface area (Å²) in [6.45, 7) is 4.57. The monoisotopic (exact) mass is 462 g/mol. The molecule has 0 atom stereocenters. The van der Waals surface area contributed by atoms with Crippen LogP contribution in [0.4, 0.5) is 0 Å². The number of hydrogen-bond acceptors (Lipinski definition) is 5. The molecule has 0 aliphatic rings. The zero-order chi connectivity index (χ0) is 24.5. The van der Waals surface area contributed by atoms with Gasteiger partial charge in [-0.25, -0.2) is 15.0 Å². The highest BCUT2D eigenvalue weighted by Gasteiger charge is 2.18. The van der Waals surface area contributed by atoms with Crippen molar-refractivity contribution in [3.8, 4) is 46.7 Å². The van der Waals surface area contributed by atoms with Crippen LogP contribution in [0.15, 0.2) is 60.7 Å². The molecule has 174 valence electrons. The first-order valence-electron chi connectivity index (χ1n) is 11.5. The van der Waals surface area contributed by atoms with E-state index in [-0.39, 0.29) is 6.61 Å². The van der Waals surface area contributed by atoms with Gasteiger partial charge >= 0.3 is 0 Å². The molecule has 2 heterocycles. The summed E-state index contributed by atoms with van der Waals surface area (Å²) in [4.78, 5) is 14.7. The molecule has 6 heteroatoms. The molecule has 0 aliphatic heterocycles. The number of imidazole rings is 1. The second kappa shape index (κ2) is 9.11. The van der Waals surface area contributed by atoms with Crippen molar-refractivity contribution in [1.82, 2.24) is 19.5 Å². The fourth-order valence-electron chi connectivity index (χ4n) is 4.17. The third kappa shape index (κ3) is 4.17. The number of methoxy groups -OCH3 is 1. The highest BCUT2D eigenvalue weighted by atomic mass is 16.5. The molecule has 0 bridgehead atoms. The maximum absolute atomic E-state index is 5.68. The van der Waals surface area contributed by atoms with Crippen molar-refractivity contribution in [1.29, 1.82) is 0 Å². The zero-order valence-corrected chi connectivity index (χ0v) is 20.2. The van der Waals surface area contributed by atoms with Crippen LogP contribution in [-0.2, 0) is 7.05 Å². The molecule has 0 radical (unpaired) electrons. The van der Waals surface area contributed by atoms with E-state index in [0.29, 0.717) is 23.3 Å². The SMILES string of the molecule is C#CCOc1ccc2nc(-c3nc4cc(OC)ccc4n3C)nc(-c3ccc(C(C)C)cc3)c2c1. The third-order valence-corrected chi connectivity index (χ3v) is 6.13. The molecule has 0 fully saturated rings. The molecule has 0 unspecified atom stereocenters. The first kappa shape index (κ1) is 22.4. The molecule has 0 saturated heterocycles. The molecule has 0 saturated carbocycles. The Balaban J connectivity index is 1.72. The van der Waals surface area contributed by atoms with E-state index in [1.165, 1.54) is 5.56 Å². The van der Waals surface area contributed by atoms with Gasteiger partial charge in [0.15, 0.2) is 11.6 Å².